The van der Waals surface area contributed by atoms with Gasteiger partial charge in [0.15, 0.2) is 0 Å². The third-order valence-corrected chi connectivity index (χ3v) is 6.86. The Hall–Kier alpha value is -1.58. The van der Waals surface area contributed by atoms with E-state index in [1.807, 2.05) is 24.3 Å². The Morgan fingerprint density at radius 3 is 2.60 bits per heavy atom. The number of alkyl halides is 1. The number of benzene rings is 1. The second-order valence-electron chi connectivity index (χ2n) is 8.50. The fourth-order valence-electron chi connectivity index (χ4n) is 4.67. The van der Waals surface area contributed by atoms with Crippen molar-refractivity contribution in [1.29, 1.82) is 0 Å². The van der Waals surface area contributed by atoms with Gasteiger partial charge in [0.1, 0.15) is 12.7 Å². The Morgan fingerprint density at radius 2 is 1.90 bits per heavy atom. The van der Waals surface area contributed by atoms with Crippen LogP contribution in [0.5, 0.6) is 0 Å². The van der Waals surface area contributed by atoms with Crippen molar-refractivity contribution in [3.8, 4) is 11.8 Å². The minimum Gasteiger partial charge on any atom is -0.480 e. The number of hydrogen-bond acceptors (Lipinski definition) is 4. The highest BCUT2D eigenvalue weighted by Crippen LogP contribution is 2.38. The molecule has 164 valence electrons. The molecule has 0 aliphatic heterocycles. The average molecular weight is 435 g/mol. The highest BCUT2D eigenvalue weighted by molar-refractivity contribution is 6.21. The van der Waals surface area contributed by atoms with E-state index in [2.05, 4.69) is 11.8 Å². The van der Waals surface area contributed by atoms with E-state index < -0.39 is 18.2 Å². The maximum atomic E-state index is 10.7. The lowest BCUT2D eigenvalue weighted by Crippen LogP contribution is -2.24. The predicted molar refractivity (Wildman–Crippen MR) is 115 cm³/mol. The number of aliphatic hydroxyl groups is 2. The summed E-state index contributed by atoms with van der Waals surface area (Å²) in [6.07, 6.45) is 5.36. The number of rotatable bonds is 7. The molecular weight excluding hydrogens is 404 g/mol. The third kappa shape index (κ3) is 6.21. The van der Waals surface area contributed by atoms with Gasteiger partial charge >= 0.3 is 5.97 Å². The second kappa shape index (κ2) is 11.2. The Bertz CT molecular complexity index is 764. The lowest BCUT2D eigenvalue weighted by atomic mass is 9.84. The number of carboxylic acids is 1. The van der Waals surface area contributed by atoms with Gasteiger partial charge in [-0.05, 0) is 48.6 Å². The largest absolute Gasteiger partial charge is 0.480 e. The Labute approximate surface area is 183 Å². The number of carbonyl (C=O) groups is 1. The summed E-state index contributed by atoms with van der Waals surface area (Å²) in [5, 5.41) is 29.6. The van der Waals surface area contributed by atoms with Gasteiger partial charge in [-0.3, -0.25) is 0 Å². The zero-order chi connectivity index (χ0) is 21.5. The van der Waals surface area contributed by atoms with Gasteiger partial charge in [0.2, 0.25) is 0 Å². The molecule has 0 bridgehead atoms. The molecule has 0 saturated heterocycles. The molecule has 5 atom stereocenters. The van der Waals surface area contributed by atoms with E-state index in [0.717, 1.165) is 36.8 Å². The minimum atomic E-state index is -1.00. The van der Waals surface area contributed by atoms with Crippen LogP contribution in [0.15, 0.2) is 24.3 Å². The summed E-state index contributed by atoms with van der Waals surface area (Å²) in [5.74, 6) is 5.07. The zero-order valence-electron chi connectivity index (χ0n) is 17.2. The number of carboxylic acid groups (broad SMARTS) is 1. The summed E-state index contributed by atoms with van der Waals surface area (Å²) >= 11 is 6.58. The van der Waals surface area contributed by atoms with Crippen LogP contribution in [0, 0.1) is 29.6 Å². The standard InChI is InChI=1S/C24H31ClO5/c25-21-13-23(27)19(10-11-22(26)16-6-2-1-3-7-16)20(21)12-17-8-4-5-9-18(17)14-30-15-24(28)29/h4-5,8-9,16,19-23,26-27H,1-3,6-7,12-15H2,(H,28,29)/t19-,20-,21-,22-,23-/m1/s1. The van der Waals surface area contributed by atoms with Gasteiger partial charge in [-0.25, -0.2) is 4.79 Å². The van der Waals surface area contributed by atoms with E-state index in [9.17, 15) is 15.0 Å². The van der Waals surface area contributed by atoms with E-state index in [-0.39, 0.29) is 36.3 Å². The fraction of sp³-hybridized carbons (Fsp3) is 0.625. The lowest BCUT2D eigenvalue weighted by Gasteiger charge is -2.24. The molecule has 2 fully saturated rings. The molecule has 0 heterocycles. The van der Waals surface area contributed by atoms with Gasteiger partial charge in [-0.2, -0.15) is 0 Å². The molecule has 2 aliphatic carbocycles. The molecule has 3 rings (SSSR count). The van der Waals surface area contributed by atoms with Crippen LogP contribution in [0.2, 0.25) is 0 Å². The van der Waals surface area contributed by atoms with E-state index in [1.54, 1.807) is 0 Å². The Morgan fingerprint density at radius 1 is 1.20 bits per heavy atom. The van der Waals surface area contributed by atoms with E-state index in [0.29, 0.717) is 12.8 Å². The van der Waals surface area contributed by atoms with Gasteiger partial charge in [-0.15, -0.1) is 11.6 Å². The van der Waals surface area contributed by atoms with Gasteiger partial charge in [0.05, 0.1) is 18.6 Å². The van der Waals surface area contributed by atoms with Crippen molar-refractivity contribution in [3.63, 3.8) is 0 Å². The van der Waals surface area contributed by atoms with E-state index >= 15 is 0 Å². The molecular formula is C24H31ClO5. The molecule has 30 heavy (non-hydrogen) atoms. The molecule has 0 radical (unpaired) electrons. The molecule has 0 aromatic heterocycles. The monoisotopic (exact) mass is 434 g/mol. The van der Waals surface area contributed by atoms with E-state index in [1.165, 1.54) is 6.42 Å². The maximum Gasteiger partial charge on any atom is 0.329 e. The summed E-state index contributed by atoms with van der Waals surface area (Å²) in [5.41, 5.74) is 1.94. The number of aliphatic carboxylic acids is 1. The summed E-state index contributed by atoms with van der Waals surface area (Å²) in [4.78, 5) is 10.7. The van der Waals surface area contributed by atoms with Gasteiger partial charge in [0, 0.05) is 5.38 Å². The number of ether oxygens (including phenoxy) is 1. The lowest BCUT2D eigenvalue weighted by molar-refractivity contribution is -0.142. The van der Waals surface area contributed by atoms with Gasteiger partial charge in [-0.1, -0.05) is 55.4 Å². The minimum absolute atomic E-state index is 0.0478. The van der Waals surface area contributed by atoms with Crippen molar-refractivity contribution in [2.45, 2.75) is 69.1 Å². The van der Waals surface area contributed by atoms with Crippen LogP contribution in [0.1, 0.15) is 49.7 Å². The molecule has 0 amide bonds. The van der Waals surface area contributed by atoms with E-state index in [4.69, 9.17) is 21.4 Å². The number of aliphatic hydroxyl groups excluding tert-OH is 2. The topological polar surface area (TPSA) is 87.0 Å². The number of halogens is 1. The maximum absolute atomic E-state index is 10.7. The molecule has 0 unspecified atom stereocenters. The van der Waals surface area contributed by atoms with Gasteiger partial charge in [0.25, 0.3) is 0 Å². The predicted octanol–water partition coefficient (Wildman–Crippen LogP) is 3.38. The second-order valence-corrected chi connectivity index (χ2v) is 9.06. The first-order valence-electron chi connectivity index (χ1n) is 10.8. The van der Waals surface area contributed by atoms with Crippen molar-refractivity contribution in [3.05, 3.63) is 35.4 Å². The van der Waals surface area contributed by atoms with Crippen LogP contribution in [-0.4, -0.2) is 45.5 Å². The van der Waals surface area contributed by atoms with Crippen LogP contribution in [0.3, 0.4) is 0 Å². The summed E-state index contributed by atoms with van der Waals surface area (Å²) in [6.45, 7) is -0.136. The molecule has 2 aliphatic rings. The fourth-order valence-corrected chi connectivity index (χ4v) is 5.10. The zero-order valence-corrected chi connectivity index (χ0v) is 17.9. The normalized spacial score (nSPS) is 28.0. The first-order valence-corrected chi connectivity index (χ1v) is 11.3. The van der Waals surface area contributed by atoms with Crippen molar-refractivity contribution < 1.29 is 24.9 Å². The van der Waals surface area contributed by atoms with Crippen LogP contribution in [0.25, 0.3) is 0 Å². The van der Waals surface area contributed by atoms with Crippen molar-refractivity contribution in [2.75, 3.05) is 6.61 Å². The molecule has 1 aromatic rings. The number of hydrogen-bond donors (Lipinski definition) is 3. The highest BCUT2D eigenvalue weighted by Gasteiger charge is 2.41. The summed E-state index contributed by atoms with van der Waals surface area (Å²) in [7, 11) is 0. The van der Waals surface area contributed by atoms with Crippen molar-refractivity contribution in [2.24, 2.45) is 17.8 Å². The van der Waals surface area contributed by atoms with Crippen molar-refractivity contribution >= 4 is 17.6 Å². The highest BCUT2D eigenvalue weighted by atomic mass is 35.5. The molecule has 2 saturated carbocycles. The summed E-state index contributed by atoms with van der Waals surface area (Å²) in [6, 6.07) is 7.72. The first-order chi connectivity index (χ1) is 14.5. The Kier molecular flexibility index (Phi) is 8.59. The van der Waals surface area contributed by atoms with Gasteiger partial charge < -0.3 is 20.1 Å². The Balaban J connectivity index is 1.70. The SMILES string of the molecule is O=C(O)COCc1ccccc1C[C@@H]1[C@@H](C#C[C@@H](O)C2CCCCC2)[C@H](O)C[C@H]1Cl. The van der Waals surface area contributed by atoms with Crippen molar-refractivity contribution in [1.82, 2.24) is 0 Å². The summed E-state index contributed by atoms with van der Waals surface area (Å²) < 4.78 is 5.26. The van der Waals surface area contributed by atoms with Crippen LogP contribution in [0.4, 0.5) is 0 Å². The first kappa shape index (κ1) is 23.1. The smallest absolute Gasteiger partial charge is 0.329 e. The van der Waals surface area contributed by atoms with Crippen LogP contribution >= 0.6 is 11.6 Å². The molecule has 6 heteroatoms. The van der Waals surface area contributed by atoms with Crippen LogP contribution in [-0.2, 0) is 22.6 Å². The molecule has 0 spiro atoms. The quantitative estimate of drug-likeness (QED) is 0.452. The molecule has 3 N–H and O–H groups in total. The third-order valence-electron chi connectivity index (χ3n) is 6.36. The molecule has 1 aromatic carbocycles. The van der Waals surface area contributed by atoms with Crippen LogP contribution < -0.4 is 0 Å². The average Bonchev–Trinajstić information content (AvgIpc) is 3.00. The molecule has 5 nitrogen and oxygen atoms in total.